The molecule has 0 bridgehead atoms. The van der Waals surface area contributed by atoms with Crippen molar-refractivity contribution >= 4 is 43.1 Å². The van der Waals surface area contributed by atoms with Crippen molar-refractivity contribution in [1.82, 2.24) is 0 Å². The fraction of sp³-hybridized carbons (Fsp3) is 0.632. The van der Waals surface area contributed by atoms with E-state index >= 15 is 0 Å². The van der Waals surface area contributed by atoms with Gasteiger partial charge in [-0.2, -0.15) is 0 Å². The van der Waals surface area contributed by atoms with E-state index in [1.807, 2.05) is 11.1 Å². The first-order valence-corrected chi connectivity index (χ1v) is 33.7. The number of aryl methyl sites for hydroxylation is 2. The first-order valence-electron chi connectivity index (χ1n) is 33.7. The first-order chi connectivity index (χ1) is 37.7. The summed E-state index contributed by atoms with van der Waals surface area (Å²) in [6.45, 7) is 9.38. The Labute approximate surface area is 466 Å². The quantitative estimate of drug-likeness (QED) is 0.0264. The molecule has 1 aliphatic rings. The molecule has 416 valence electrons. The van der Waals surface area contributed by atoms with Gasteiger partial charge in [-0.1, -0.05) is 332 Å². The van der Waals surface area contributed by atoms with E-state index in [9.17, 15) is 0 Å². The van der Waals surface area contributed by atoms with Gasteiger partial charge in [0, 0.05) is 0 Å². The lowest BCUT2D eigenvalue weighted by atomic mass is 9.78. The van der Waals surface area contributed by atoms with Crippen molar-refractivity contribution in [1.29, 1.82) is 0 Å². The molecule has 0 atom stereocenters. The molecule has 76 heavy (non-hydrogen) atoms. The van der Waals surface area contributed by atoms with Crippen LogP contribution in [0, 0.1) is 20.9 Å². The molecular formula is C76H112. The molecule has 7 rings (SSSR count). The second-order valence-corrected chi connectivity index (χ2v) is 24.6. The van der Waals surface area contributed by atoms with Gasteiger partial charge in [-0.15, -0.1) is 0 Å². The van der Waals surface area contributed by atoms with Crippen molar-refractivity contribution in [2.75, 3.05) is 0 Å². The molecule has 1 aliphatic carbocycles. The molecule has 0 nitrogen and oxygen atoms in total. The van der Waals surface area contributed by atoms with Crippen LogP contribution in [-0.2, 0) is 25.7 Å². The summed E-state index contributed by atoms with van der Waals surface area (Å²) in [5, 5.41) is 18.1. The number of fused-ring (bicyclic) bond motifs is 11. The Bertz CT molecular complexity index is 2790. The van der Waals surface area contributed by atoms with Crippen molar-refractivity contribution < 1.29 is 0 Å². The summed E-state index contributed by atoms with van der Waals surface area (Å²) in [6.07, 6.45) is 61.0. The lowest BCUT2D eigenvalue weighted by Crippen LogP contribution is -2.09. The van der Waals surface area contributed by atoms with Gasteiger partial charge >= 0.3 is 0 Å². The van der Waals surface area contributed by atoms with Gasteiger partial charge in [0.15, 0.2) is 0 Å². The Balaban J connectivity index is 1.31. The van der Waals surface area contributed by atoms with Gasteiger partial charge in [0.25, 0.3) is 0 Å². The van der Waals surface area contributed by atoms with Crippen molar-refractivity contribution in [2.45, 2.75) is 310 Å². The summed E-state index contributed by atoms with van der Waals surface area (Å²) in [4.78, 5) is 0. The van der Waals surface area contributed by atoms with Crippen molar-refractivity contribution in [3.8, 4) is 0 Å². The third kappa shape index (κ3) is 17.2. The van der Waals surface area contributed by atoms with E-state index < -0.39 is 0 Å². The second-order valence-electron chi connectivity index (χ2n) is 24.6. The average molecular weight is 1030 g/mol. The molecule has 0 heterocycles. The maximum Gasteiger partial charge on any atom is -0.000763 e. The maximum atomic E-state index is 2.69. The molecule has 0 amide bonds. The molecule has 0 spiro atoms. The fourth-order valence-corrected chi connectivity index (χ4v) is 14.1. The molecule has 6 aromatic rings. The number of hydrogen-bond acceptors (Lipinski definition) is 0. The zero-order valence-corrected chi connectivity index (χ0v) is 50.0. The average Bonchev–Trinajstić information content (AvgIpc) is 3.64. The van der Waals surface area contributed by atoms with Gasteiger partial charge in [0.05, 0.1) is 0 Å². The number of benzene rings is 6. The number of rotatable bonds is 44. The number of unbranched alkanes of at least 4 members (excludes halogenated alkanes) is 36. The van der Waals surface area contributed by atoms with Gasteiger partial charge in [0.1, 0.15) is 0 Å². The largest absolute Gasteiger partial charge is 0.0654 e. The van der Waals surface area contributed by atoms with Gasteiger partial charge in [-0.25, -0.2) is 0 Å². The summed E-state index contributed by atoms with van der Waals surface area (Å²) in [6, 6.07) is 29.0. The van der Waals surface area contributed by atoms with E-state index in [-0.39, 0.29) is 0 Å². The number of hydrogen-bond donors (Lipinski definition) is 0. The summed E-state index contributed by atoms with van der Waals surface area (Å²) in [7, 11) is 0. The monoisotopic (exact) mass is 1020 g/mol. The predicted molar refractivity (Wildman–Crippen MR) is 340 cm³/mol. The minimum atomic E-state index is 1.23. The lowest BCUT2D eigenvalue weighted by molar-refractivity contribution is 0.549. The minimum Gasteiger partial charge on any atom is -0.0654 e. The van der Waals surface area contributed by atoms with Crippen LogP contribution in [0.15, 0.2) is 72.8 Å². The molecule has 0 saturated carbocycles. The third-order valence-corrected chi connectivity index (χ3v) is 18.5. The van der Waals surface area contributed by atoms with Crippen LogP contribution in [-0.4, -0.2) is 0 Å². The zero-order valence-electron chi connectivity index (χ0n) is 50.0. The van der Waals surface area contributed by atoms with Crippen LogP contribution < -0.4 is 0 Å². The van der Waals surface area contributed by atoms with Gasteiger partial charge < -0.3 is 0 Å². The molecule has 0 aliphatic heterocycles. The standard InChI is InChI=1S/C76H112/c1-5-9-13-17-21-25-29-33-37-41-51-63-64(52-42-38-34-30-26-22-18-14-10-6-2)66(54-44-40-36-32-28-24-20-16-12-8-4)73-69(65(63)53-43-39-35-31-27-23-19-15-11-7-3)59-60-71-74-67-55-47-48-56-68(67)76(74)72-62-50-46-45-49-61(62)57-58-70(72)75(71)73/h45-50,55-60H,5-44,51-54H2,1-4H3. The SMILES string of the molecule is CCCCCCCCCCCCc1c(CCCCCCCCCCCC)c(CCCCCCCCCCCC)c2c(ccc3c4c(c5c6ccccc6ccc5c32)=c2ccccc2=4)c1CCCCCCCCCCCC. The van der Waals surface area contributed by atoms with E-state index in [1.165, 1.54) is 330 Å². The van der Waals surface area contributed by atoms with Crippen LogP contribution >= 0.6 is 0 Å². The Morgan fingerprint density at radius 3 is 0.987 bits per heavy atom. The van der Waals surface area contributed by atoms with Crippen LogP contribution in [0.5, 0.6) is 0 Å². The molecule has 0 heteroatoms. The van der Waals surface area contributed by atoms with Crippen LogP contribution in [0.1, 0.15) is 307 Å². The molecule has 0 saturated heterocycles. The minimum absolute atomic E-state index is 1.23. The zero-order chi connectivity index (χ0) is 52.8. The highest BCUT2D eigenvalue weighted by Crippen LogP contribution is 2.45. The molecule has 6 aromatic carbocycles. The highest BCUT2D eigenvalue weighted by molar-refractivity contribution is 6.26. The first kappa shape index (κ1) is 60.0. The lowest BCUT2D eigenvalue weighted by Gasteiger charge is -2.26. The molecule has 0 fully saturated rings. The Hall–Kier alpha value is -3.64. The third-order valence-electron chi connectivity index (χ3n) is 18.5. The smallest absolute Gasteiger partial charge is 0.000763 e. The topological polar surface area (TPSA) is 0 Å². The van der Waals surface area contributed by atoms with Crippen LogP contribution in [0.4, 0.5) is 0 Å². The summed E-state index contributed by atoms with van der Waals surface area (Å²) < 4.78 is 0. The van der Waals surface area contributed by atoms with E-state index in [1.54, 1.807) is 27.3 Å². The van der Waals surface area contributed by atoms with Crippen molar-refractivity contribution in [3.05, 3.63) is 116 Å². The van der Waals surface area contributed by atoms with Gasteiger partial charge in [-0.05, 0) is 138 Å². The highest BCUT2D eigenvalue weighted by atomic mass is 14.3. The van der Waals surface area contributed by atoms with Crippen LogP contribution in [0.3, 0.4) is 0 Å². The molecule has 0 aromatic heterocycles. The summed E-state index contributed by atoms with van der Waals surface area (Å²) in [5.74, 6) is 0. The Morgan fingerprint density at radius 1 is 0.211 bits per heavy atom. The molecule has 0 N–H and O–H groups in total. The van der Waals surface area contributed by atoms with Crippen LogP contribution in [0.2, 0.25) is 0 Å². The molecule has 0 radical (unpaired) electrons. The normalized spacial score (nSPS) is 12.2. The molecular weight excluding hydrogens is 913 g/mol. The molecule has 0 unspecified atom stereocenters. The van der Waals surface area contributed by atoms with E-state index in [0.717, 1.165) is 0 Å². The van der Waals surface area contributed by atoms with E-state index in [4.69, 9.17) is 0 Å². The van der Waals surface area contributed by atoms with Crippen molar-refractivity contribution in [2.24, 2.45) is 0 Å². The fourth-order valence-electron chi connectivity index (χ4n) is 14.1. The second kappa shape index (κ2) is 35.1. The Morgan fingerprint density at radius 2 is 0.539 bits per heavy atom. The van der Waals surface area contributed by atoms with Gasteiger partial charge in [0.2, 0.25) is 0 Å². The maximum absolute atomic E-state index is 2.69. The van der Waals surface area contributed by atoms with Crippen LogP contribution in [0.25, 0.3) is 43.1 Å². The summed E-state index contributed by atoms with van der Waals surface area (Å²) >= 11 is 0. The Kier molecular flexibility index (Phi) is 27.7. The van der Waals surface area contributed by atoms with Crippen molar-refractivity contribution in [3.63, 3.8) is 0 Å². The van der Waals surface area contributed by atoms with E-state index in [0.29, 0.717) is 0 Å². The van der Waals surface area contributed by atoms with E-state index in [2.05, 4.69) is 100 Å². The highest BCUT2D eigenvalue weighted by Gasteiger charge is 2.24. The summed E-state index contributed by atoms with van der Waals surface area (Å²) in [5.41, 5.74) is 7.18. The predicted octanol–water partition coefficient (Wildman–Crippen LogP) is 25.0. The van der Waals surface area contributed by atoms with Gasteiger partial charge in [-0.3, -0.25) is 0 Å².